The van der Waals surface area contributed by atoms with Crippen LogP contribution in [0.1, 0.15) is 5.56 Å². The van der Waals surface area contributed by atoms with Crippen LogP contribution in [0.3, 0.4) is 0 Å². The summed E-state index contributed by atoms with van der Waals surface area (Å²) in [6.07, 6.45) is 3.50. The maximum absolute atomic E-state index is 14.0. The predicted molar refractivity (Wildman–Crippen MR) is 123 cm³/mol. The first kappa shape index (κ1) is 19.0. The van der Waals surface area contributed by atoms with Crippen molar-refractivity contribution in [3.8, 4) is 0 Å². The number of nitrogens with zero attached hydrogens (tertiary/aromatic N) is 1. The van der Waals surface area contributed by atoms with Gasteiger partial charge in [0, 0.05) is 0 Å². The molecule has 0 aliphatic carbocycles. The summed E-state index contributed by atoms with van der Waals surface area (Å²) in [7, 11) is -2.95. The van der Waals surface area contributed by atoms with Crippen molar-refractivity contribution in [2.24, 2.45) is 0 Å². The van der Waals surface area contributed by atoms with E-state index in [1.54, 1.807) is 12.4 Å². The molecular formula is C25H23N2OP. The van der Waals surface area contributed by atoms with E-state index in [9.17, 15) is 4.79 Å². The van der Waals surface area contributed by atoms with E-state index in [1.165, 1.54) is 0 Å². The van der Waals surface area contributed by atoms with Crippen molar-refractivity contribution < 1.29 is 4.79 Å². The van der Waals surface area contributed by atoms with Crippen LogP contribution in [0.25, 0.3) is 0 Å². The first-order valence-corrected chi connectivity index (χ1v) is 11.7. The summed E-state index contributed by atoms with van der Waals surface area (Å²) in [6, 6.07) is 34.4. The van der Waals surface area contributed by atoms with Crippen LogP contribution in [0.2, 0.25) is 0 Å². The van der Waals surface area contributed by atoms with E-state index in [1.807, 2.05) is 66.7 Å². The molecule has 3 aromatic carbocycles. The number of benzene rings is 3. The van der Waals surface area contributed by atoms with E-state index in [0.29, 0.717) is 6.54 Å². The molecule has 1 aromatic heterocycles. The monoisotopic (exact) mass is 398 g/mol. The van der Waals surface area contributed by atoms with Crippen LogP contribution in [0.15, 0.2) is 116 Å². The van der Waals surface area contributed by atoms with Gasteiger partial charge in [-0.2, -0.15) is 0 Å². The van der Waals surface area contributed by atoms with Crippen molar-refractivity contribution in [2.75, 3.05) is 0 Å². The Labute approximate surface area is 171 Å². The predicted octanol–water partition coefficient (Wildman–Crippen LogP) is 4.02. The van der Waals surface area contributed by atoms with E-state index < -0.39 is 7.26 Å². The number of aromatic nitrogens is 1. The Hall–Kier alpha value is -3.29. The third-order valence-electron chi connectivity index (χ3n) is 5.16. The maximum atomic E-state index is 14.0. The quantitative estimate of drug-likeness (QED) is 0.499. The number of nitrogens with one attached hydrogen (secondary N) is 1. The number of carbonyl (C=O) groups is 1. The van der Waals surface area contributed by atoms with Gasteiger partial charge >= 0.3 is 172 Å². The average molecular weight is 398 g/mol. The fourth-order valence-electron chi connectivity index (χ4n) is 3.77. The van der Waals surface area contributed by atoms with Crippen molar-refractivity contribution in [3.63, 3.8) is 0 Å². The van der Waals surface area contributed by atoms with Gasteiger partial charge in [0.05, 0.1) is 0 Å². The van der Waals surface area contributed by atoms with Gasteiger partial charge in [0.1, 0.15) is 0 Å². The van der Waals surface area contributed by atoms with Crippen molar-refractivity contribution in [1.82, 2.24) is 10.3 Å². The van der Waals surface area contributed by atoms with Crippen LogP contribution in [0.5, 0.6) is 0 Å². The normalized spacial score (nSPS) is 11.6. The summed E-state index contributed by atoms with van der Waals surface area (Å²) in [5.74, 6) is 0. The molecule has 0 saturated heterocycles. The van der Waals surface area contributed by atoms with E-state index >= 15 is 0 Å². The van der Waals surface area contributed by atoms with Crippen molar-refractivity contribution in [2.45, 2.75) is 6.54 Å². The zero-order valence-electron chi connectivity index (χ0n) is 16.0. The second-order valence-electron chi connectivity index (χ2n) is 6.89. The molecule has 144 valence electrons. The van der Waals surface area contributed by atoms with E-state index in [4.69, 9.17) is 0 Å². The standard InChI is InChI=1S/C25H23N2OP/c28-25(27-20-21-16-18-26-19-17-21)29(22-10-4-1-5-11-22,23-12-6-2-7-13-23)24-14-8-3-9-15-24/h1-19,29H,20H2,(H,27,28). The van der Waals surface area contributed by atoms with Crippen LogP contribution < -0.4 is 21.2 Å². The molecule has 4 heteroatoms. The second kappa shape index (κ2) is 8.81. The number of pyridine rings is 1. The molecule has 3 nitrogen and oxygen atoms in total. The average Bonchev–Trinajstić information content (AvgIpc) is 2.81. The molecule has 0 radical (unpaired) electrons. The molecule has 0 atom stereocenters. The van der Waals surface area contributed by atoms with Gasteiger partial charge < -0.3 is 0 Å². The Bertz CT molecular complexity index is 958. The Morgan fingerprint density at radius 3 is 1.48 bits per heavy atom. The fraction of sp³-hybridized carbons (Fsp3) is 0.0400. The van der Waals surface area contributed by atoms with Gasteiger partial charge in [0.2, 0.25) is 0 Å². The molecular weight excluding hydrogens is 375 g/mol. The van der Waals surface area contributed by atoms with Gasteiger partial charge in [0.25, 0.3) is 0 Å². The first-order chi connectivity index (χ1) is 14.3. The van der Waals surface area contributed by atoms with Gasteiger partial charge in [-0.25, -0.2) is 0 Å². The molecule has 0 aliphatic rings. The van der Waals surface area contributed by atoms with Gasteiger partial charge in [0.15, 0.2) is 0 Å². The van der Waals surface area contributed by atoms with Gasteiger partial charge in [-0.1, -0.05) is 0 Å². The molecule has 1 heterocycles. The molecule has 0 aliphatic heterocycles. The summed E-state index contributed by atoms with van der Waals surface area (Å²) < 4.78 is 0. The van der Waals surface area contributed by atoms with Crippen LogP contribution >= 0.6 is 7.26 Å². The van der Waals surface area contributed by atoms with Crippen LogP contribution in [0, 0.1) is 0 Å². The van der Waals surface area contributed by atoms with Gasteiger partial charge in [-0.15, -0.1) is 0 Å². The van der Waals surface area contributed by atoms with Crippen LogP contribution in [0.4, 0.5) is 4.79 Å². The Morgan fingerprint density at radius 2 is 1.07 bits per heavy atom. The Balaban J connectivity index is 1.87. The third-order valence-corrected chi connectivity index (χ3v) is 9.62. The molecule has 4 aromatic rings. The van der Waals surface area contributed by atoms with E-state index in [2.05, 4.69) is 46.7 Å². The molecule has 0 bridgehead atoms. The molecule has 4 rings (SSSR count). The number of carbonyl (C=O) groups excluding carboxylic acids is 1. The SMILES string of the molecule is O=C(NCc1ccncc1)[PH](c1ccccc1)(c1ccccc1)c1ccccc1. The molecule has 0 fully saturated rings. The van der Waals surface area contributed by atoms with Crippen LogP contribution in [-0.2, 0) is 6.54 Å². The molecule has 0 spiro atoms. The third kappa shape index (κ3) is 3.83. The number of amides is 1. The van der Waals surface area contributed by atoms with E-state index in [-0.39, 0.29) is 5.65 Å². The number of hydrogen-bond acceptors (Lipinski definition) is 2. The zero-order valence-corrected chi connectivity index (χ0v) is 17.0. The molecule has 1 N–H and O–H groups in total. The molecule has 0 unspecified atom stereocenters. The fourth-order valence-corrected chi connectivity index (χ4v) is 7.99. The summed E-state index contributed by atoms with van der Waals surface area (Å²) in [5, 5.41) is 6.45. The first-order valence-electron chi connectivity index (χ1n) is 9.65. The second-order valence-corrected chi connectivity index (χ2v) is 10.6. The minimum atomic E-state index is -2.95. The van der Waals surface area contributed by atoms with Gasteiger partial charge in [-0.3, -0.25) is 0 Å². The summed E-state index contributed by atoms with van der Waals surface area (Å²) in [4.78, 5) is 18.0. The zero-order chi connectivity index (χ0) is 19.9. The van der Waals surface area contributed by atoms with Crippen molar-refractivity contribution in [1.29, 1.82) is 0 Å². The number of hydrogen-bond donors (Lipinski definition) is 1. The summed E-state index contributed by atoms with van der Waals surface area (Å²) in [6.45, 7) is 0.475. The molecule has 29 heavy (non-hydrogen) atoms. The van der Waals surface area contributed by atoms with E-state index in [0.717, 1.165) is 21.5 Å². The Morgan fingerprint density at radius 1 is 0.655 bits per heavy atom. The van der Waals surface area contributed by atoms with Gasteiger partial charge in [-0.05, 0) is 0 Å². The summed E-state index contributed by atoms with van der Waals surface area (Å²) in [5.41, 5.74) is 1.11. The Kier molecular flexibility index (Phi) is 5.79. The number of rotatable bonds is 6. The molecule has 0 saturated carbocycles. The molecule has 1 amide bonds. The topological polar surface area (TPSA) is 42.0 Å². The van der Waals surface area contributed by atoms with Crippen molar-refractivity contribution >= 4 is 28.8 Å². The summed E-state index contributed by atoms with van der Waals surface area (Å²) >= 11 is 0. The minimum absolute atomic E-state index is 0.0814. The van der Waals surface area contributed by atoms with Crippen molar-refractivity contribution in [3.05, 3.63) is 121 Å². The van der Waals surface area contributed by atoms with Crippen LogP contribution in [-0.4, -0.2) is 10.6 Å².